The maximum absolute atomic E-state index is 10.7. The Morgan fingerprint density at radius 3 is 2.86 bits per heavy atom. The third-order valence-corrected chi connectivity index (χ3v) is 1.81. The van der Waals surface area contributed by atoms with Crippen molar-refractivity contribution in [1.29, 1.82) is 0 Å². The lowest BCUT2D eigenvalue weighted by molar-refractivity contribution is -0.389. The zero-order valence-electron chi connectivity index (χ0n) is 7.45. The van der Waals surface area contributed by atoms with Crippen LogP contribution in [0.5, 0.6) is 0 Å². The number of carboxylic acid groups (broad SMARTS) is 1. The summed E-state index contributed by atoms with van der Waals surface area (Å²) in [5, 5.41) is 19.0. The van der Waals surface area contributed by atoms with E-state index in [1.54, 1.807) is 6.92 Å². The summed E-state index contributed by atoms with van der Waals surface area (Å²) < 4.78 is 1.22. The van der Waals surface area contributed by atoms with Crippen molar-refractivity contribution in [1.82, 2.24) is 9.55 Å². The second-order valence-corrected chi connectivity index (χ2v) is 2.70. The van der Waals surface area contributed by atoms with Crippen LogP contribution in [0.15, 0.2) is 12.5 Å². The lowest BCUT2D eigenvalue weighted by atomic mass is 10.2. The van der Waals surface area contributed by atoms with Crippen LogP contribution >= 0.6 is 0 Å². The van der Waals surface area contributed by atoms with Crippen molar-refractivity contribution in [3.05, 3.63) is 22.6 Å². The van der Waals surface area contributed by atoms with Gasteiger partial charge in [-0.25, -0.2) is 4.79 Å². The van der Waals surface area contributed by atoms with Gasteiger partial charge in [0.2, 0.25) is 6.33 Å². The topological polar surface area (TPSA) is 98.3 Å². The number of aliphatic carboxylic acids is 1. The van der Waals surface area contributed by atoms with Gasteiger partial charge in [0, 0.05) is 0 Å². The highest BCUT2D eigenvalue weighted by Crippen LogP contribution is 2.15. The highest BCUT2D eigenvalue weighted by Gasteiger charge is 2.20. The maximum Gasteiger partial charge on any atom is 0.381 e. The third kappa shape index (κ3) is 1.87. The Morgan fingerprint density at radius 2 is 2.50 bits per heavy atom. The second kappa shape index (κ2) is 3.86. The van der Waals surface area contributed by atoms with Crippen LogP contribution < -0.4 is 0 Å². The van der Waals surface area contributed by atoms with E-state index in [9.17, 15) is 14.9 Å². The number of aromatic nitrogens is 2. The van der Waals surface area contributed by atoms with E-state index in [2.05, 4.69) is 4.98 Å². The Bertz CT molecular complexity index is 360. The summed E-state index contributed by atoms with van der Waals surface area (Å²) in [6, 6.07) is -0.795. The van der Waals surface area contributed by atoms with Crippen molar-refractivity contribution in [2.45, 2.75) is 19.4 Å². The molecule has 1 atom stereocenters. The first-order valence-corrected chi connectivity index (χ1v) is 3.97. The van der Waals surface area contributed by atoms with E-state index in [0.717, 1.165) is 12.5 Å². The van der Waals surface area contributed by atoms with Crippen LogP contribution in [0, 0.1) is 10.1 Å². The van der Waals surface area contributed by atoms with Crippen LogP contribution in [0.3, 0.4) is 0 Å². The number of imidazole rings is 1. The third-order valence-electron chi connectivity index (χ3n) is 1.81. The van der Waals surface area contributed by atoms with E-state index >= 15 is 0 Å². The molecule has 7 heteroatoms. The van der Waals surface area contributed by atoms with Gasteiger partial charge in [0.15, 0.2) is 0 Å². The summed E-state index contributed by atoms with van der Waals surface area (Å²) in [5.41, 5.74) is 0. The lowest BCUT2D eigenvalue weighted by Gasteiger charge is -2.08. The summed E-state index contributed by atoms with van der Waals surface area (Å²) >= 11 is 0. The van der Waals surface area contributed by atoms with Crippen molar-refractivity contribution < 1.29 is 14.8 Å². The summed E-state index contributed by atoms with van der Waals surface area (Å²) in [7, 11) is 0. The van der Waals surface area contributed by atoms with Gasteiger partial charge in [-0.1, -0.05) is 6.92 Å². The molecule has 0 bridgehead atoms. The molecule has 0 spiro atoms. The van der Waals surface area contributed by atoms with Crippen LogP contribution in [0.4, 0.5) is 5.82 Å². The zero-order chi connectivity index (χ0) is 10.7. The number of nitro groups is 1. The predicted octanol–water partition coefficient (Wildman–Crippen LogP) is 0.827. The molecule has 0 saturated carbocycles. The minimum atomic E-state index is -1.03. The molecular weight excluding hydrogens is 190 g/mol. The molecular formula is C7H9N3O4. The van der Waals surface area contributed by atoms with Crippen molar-refractivity contribution in [3.8, 4) is 0 Å². The highest BCUT2D eigenvalue weighted by atomic mass is 16.6. The molecule has 1 aromatic heterocycles. The molecule has 14 heavy (non-hydrogen) atoms. The molecule has 0 saturated heterocycles. The molecule has 0 aromatic carbocycles. The molecule has 1 unspecified atom stereocenters. The van der Waals surface area contributed by atoms with E-state index in [4.69, 9.17) is 5.11 Å². The summed E-state index contributed by atoms with van der Waals surface area (Å²) in [5.74, 6) is -1.37. The monoisotopic (exact) mass is 199 g/mol. The van der Waals surface area contributed by atoms with Gasteiger partial charge in [0.25, 0.3) is 0 Å². The van der Waals surface area contributed by atoms with Crippen molar-refractivity contribution >= 4 is 11.8 Å². The van der Waals surface area contributed by atoms with Gasteiger partial charge in [-0.3, -0.25) is 4.57 Å². The van der Waals surface area contributed by atoms with Gasteiger partial charge in [0.05, 0.1) is 0 Å². The molecule has 0 aliphatic heterocycles. The standard InChI is InChI=1S/C7H9N3O4/c1-2-5(7(11)12)9-3-6(8-4-9)10(13)14/h3-5H,2H2,1H3,(H,11,12). The van der Waals surface area contributed by atoms with E-state index < -0.39 is 16.9 Å². The molecule has 0 fully saturated rings. The van der Waals surface area contributed by atoms with E-state index in [0.29, 0.717) is 6.42 Å². The Morgan fingerprint density at radius 1 is 1.86 bits per heavy atom. The summed E-state index contributed by atoms with van der Waals surface area (Å²) in [6.45, 7) is 1.69. The Hall–Kier alpha value is -1.92. The smallest absolute Gasteiger partial charge is 0.381 e. The molecule has 0 radical (unpaired) electrons. The van der Waals surface area contributed by atoms with E-state index in [-0.39, 0.29) is 5.82 Å². The first-order chi connectivity index (χ1) is 6.56. The molecule has 0 amide bonds. The highest BCUT2D eigenvalue weighted by molar-refractivity contribution is 5.71. The number of hydrogen-bond donors (Lipinski definition) is 1. The van der Waals surface area contributed by atoms with Crippen LogP contribution in [0.1, 0.15) is 19.4 Å². The van der Waals surface area contributed by atoms with Crippen LogP contribution in [0.25, 0.3) is 0 Å². The first kappa shape index (κ1) is 10.2. The Labute approximate surface area is 79.1 Å². The average molecular weight is 199 g/mol. The normalized spacial score (nSPS) is 12.4. The molecule has 1 N–H and O–H groups in total. The fourth-order valence-electron chi connectivity index (χ4n) is 1.10. The minimum Gasteiger partial charge on any atom is -0.480 e. The number of carboxylic acids is 1. The van der Waals surface area contributed by atoms with E-state index in [1.807, 2.05) is 0 Å². The first-order valence-electron chi connectivity index (χ1n) is 3.97. The van der Waals surface area contributed by atoms with Crippen molar-refractivity contribution in [2.75, 3.05) is 0 Å². The van der Waals surface area contributed by atoms with Crippen LogP contribution in [0.2, 0.25) is 0 Å². The lowest BCUT2D eigenvalue weighted by Crippen LogP contribution is -2.16. The number of rotatable bonds is 4. The molecule has 76 valence electrons. The Kier molecular flexibility index (Phi) is 2.80. The van der Waals surface area contributed by atoms with Gasteiger partial charge < -0.3 is 15.2 Å². The van der Waals surface area contributed by atoms with Gasteiger partial charge in [-0.05, 0) is 16.3 Å². The van der Waals surface area contributed by atoms with Gasteiger partial charge in [-0.2, -0.15) is 0 Å². The zero-order valence-corrected chi connectivity index (χ0v) is 7.45. The van der Waals surface area contributed by atoms with E-state index in [1.165, 1.54) is 4.57 Å². The average Bonchev–Trinajstić information content (AvgIpc) is 2.53. The number of carbonyl (C=O) groups is 1. The molecule has 1 heterocycles. The fourth-order valence-corrected chi connectivity index (χ4v) is 1.10. The molecule has 0 aliphatic rings. The summed E-state index contributed by atoms with van der Waals surface area (Å²) in [6.07, 6.45) is 2.62. The molecule has 0 aliphatic carbocycles. The Balaban J connectivity index is 2.95. The van der Waals surface area contributed by atoms with Gasteiger partial charge >= 0.3 is 11.8 Å². The van der Waals surface area contributed by atoms with Crippen molar-refractivity contribution in [3.63, 3.8) is 0 Å². The fraction of sp³-hybridized carbons (Fsp3) is 0.429. The SMILES string of the molecule is CCC(C(=O)O)n1cnc([N+](=O)[O-])c1. The van der Waals surface area contributed by atoms with Crippen LogP contribution in [-0.2, 0) is 4.79 Å². The quantitative estimate of drug-likeness (QED) is 0.571. The van der Waals surface area contributed by atoms with Crippen molar-refractivity contribution in [2.24, 2.45) is 0 Å². The summed E-state index contributed by atoms with van der Waals surface area (Å²) in [4.78, 5) is 23.8. The molecule has 1 aromatic rings. The molecule has 1 rings (SSSR count). The largest absolute Gasteiger partial charge is 0.480 e. The number of hydrogen-bond acceptors (Lipinski definition) is 4. The maximum atomic E-state index is 10.7. The second-order valence-electron chi connectivity index (χ2n) is 2.70. The van der Waals surface area contributed by atoms with Gasteiger partial charge in [-0.15, -0.1) is 0 Å². The molecule has 7 nitrogen and oxygen atoms in total. The van der Waals surface area contributed by atoms with Gasteiger partial charge in [0.1, 0.15) is 12.2 Å². The predicted molar refractivity (Wildman–Crippen MR) is 45.8 cm³/mol. The van der Waals surface area contributed by atoms with Crippen LogP contribution in [-0.4, -0.2) is 25.6 Å². The number of nitrogens with zero attached hydrogens (tertiary/aromatic N) is 3. The minimum absolute atomic E-state index is 0.343.